The molecule has 3 rings (SSSR count). The summed E-state index contributed by atoms with van der Waals surface area (Å²) in [5, 5.41) is 5.50. The van der Waals surface area contributed by atoms with Crippen LogP contribution in [0.5, 0.6) is 0 Å². The van der Waals surface area contributed by atoms with Crippen LogP contribution in [0.4, 0.5) is 10.1 Å². The van der Waals surface area contributed by atoms with Gasteiger partial charge in [-0.15, -0.1) is 0 Å². The second kappa shape index (κ2) is 7.47. The summed E-state index contributed by atoms with van der Waals surface area (Å²) in [7, 11) is 0. The van der Waals surface area contributed by atoms with E-state index in [0.717, 1.165) is 12.8 Å². The third-order valence-corrected chi connectivity index (χ3v) is 4.47. The molecule has 130 valence electrons. The van der Waals surface area contributed by atoms with Gasteiger partial charge in [0.25, 0.3) is 0 Å². The van der Waals surface area contributed by atoms with Gasteiger partial charge in [-0.05, 0) is 49.4 Å². The number of amides is 2. The van der Waals surface area contributed by atoms with Gasteiger partial charge >= 0.3 is 0 Å². The van der Waals surface area contributed by atoms with E-state index in [-0.39, 0.29) is 11.8 Å². The second-order valence-corrected chi connectivity index (χ2v) is 6.39. The molecule has 0 spiro atoms. The smallest absolute Gasteiger partial charge is 0.240 e. The first-order valence-corrected chi connectivity index (χ1v) is 8.49. The zero-order valence-electron chi connectivity index (χ0n) is 13.9. The summed E-state index contributed by atoms with van der Waals surface area (Å²) in [6, 6.07) is 15.7. The molecule has 2 amide bonds. The molecule has 2 aromatic carbocycles. The molecule has 0 saturated heterocycles. The Balaban J connectivity index is 1.48. The number of anilines is 1. The van der Waals surface area contributed by atoms with Crippen molar-refractivity contribution in [3.63, 3.8) is 0 Å². The second-order valence-electron chi connectivity index (χ2n) is 6.39. The minimum atomic E-state index is -1.00. The molecular weight excluding hydrogens is 319 g/mol. The molecule has 0 aromatic heterocycles. The first-order chi connectivity index (χ1) is 12.1. The van der Waals surface area contributed by atoms with E-state index in [1.807, 2.05) is 18.2 Å². The predicted octanol–water partition coefficient (Wildman–Crippen LogP) is 3.29. The highest BCUT2D eigenvalue weighted by molar-refractivity contribution is 6.13. The van der Waals surface area contributed by atoms with Gasteiger partial charge < -0.3 is 10.6 Å². The SMILES string of the molecule is O=C(NCCCc1ccccc1)C1(C(=O)Nc2cccc(F)c2)CC1. The van der Waals surface area contributed by atoms with Gasteiger partial charge in [0.1, 0.15) is 11.2 Å². The monoisotopic (exact) mass is 340 g/mol. The number of rotatable bonds is 7. The number of benzene rings is 2. The summed E-state index contributed by atoms with van der Waals surface area (Å²) in [5.41, 5.74) is 0.592. The van der Waals surface area contributed by atoms with Crippen molar-refractivity contribution in [2.45, 2.75) is 25.7 Å². The maximum absolute atomic E-state index is 13.2. The third-order valence-electron chi connectivity index (χ3n) is 4.47. The number of hydrogen-bond donors (Lipinski definition) is 2. The maximum Gasteiger partial charge on any atom is 0.240 e. The fourth-order valence-corrected chi connectivity index (χ4v) is 2.81. The zero-order chi connectivity index (χ0) is 17.7. The van der Waals surface area contributed by atoms with Gasteiger partial charge in [0, 0.05) is 12.2 Å². The molecule has 0 heterocycles. The summed E-state index contributed by atoms with van der Waals surface area (Å²) in [4.78, 5) is 24.8. The molecule has 1 saturated carbocycles. The van der Waals surface area contributed by atoms with Crippen LogP contribution < -0.4 is 10.6 Å². The van der Waals surface area contributed by atoms with Crippen LogP contribution in [0.1, 0.15) is 24.8 Å². The first-order valence-electron chi connectivity index (χ1n) is 8.49. The van der Waals surface area contributed by atoms with Crippen molar-refractivity contribution in [2.75, 3.05) is 11.9 Å². The van der Waals surface area contributed by atoms with Gasteiger partial charge in [0.15, 0.2) is 0 Å². The Bertz CT molecular complexity index is 757. The first kappa shape index (κ1) is 17.1. The van der Waals surface area contributed by atoms with Crippen molar-refractivity contribution in [1.29, 1.82) is 0 Å². The normalized spacial score (nSPS) is 14.6. The molecule has 4 nitrogen and oxygen atoms in total. The molecule has 2 N–H and O–H groups in total. The standard InChI is InChI=1S/C20H21FN2O2/c21-16-9-4-10-17(14-16)23-19(25)20(11-12-20)18(24)22-13-5-8-15-6-2-1-3-7-15/h1-4,6-7,9-10,14H,5,8,11-13H2,(H,22,24)(H,23,25). The van der Waals surface area contributed by atoms with Crippen molar-refractivity contribution < 1.29 is 14.0 Å². The number of carbonyl (C=O) groups is 2. The Morgan fingerprint density at radius 2 is 1.76 bits per heavy atom. The highest BCUT2D eigenvalue weighted by Crippen LogP contribution is 2.46. The van der Waals surface area contributed by atoms with E-state index in [4.69, 9.17) is 0 Å². The fourth-order valence-electron chi connectivity index (χ4n) is 2.81. The summed E-state index contributed by atoms with van der Waals surface area (Å²) >= 11 is 0. The Morgan fingerprint density at radius 1 is 1.00 bits per heavy atom. The van der Waals surface area contributed by atoms with Crippen molar-refractivity contribution in [3.05, 3.63) is 66.0 Å². The van der Waals surface area contributed by atoms with Crippen molar-refractivity contribution >= 4 is 17.5 Å². The predicted molar refractivity (Wildman–Crippen MR) is 94.5 cm³/mol. The van der Waals surface area contributed by atoms with Crippen LogP contribution in [0.2, 0.25) is 0 Å². The van der Waals surface area contributed by atoms with Crippen LogP contribution in [-0.2, 0) is 16.0 Å². The topological polar surface area (TPSA) is 58.2 Å². The van der Waals surface area contributed by atoms with Crippen LogP contribution in [0.25, 0.3) is 0 Å². The maximum atomic E-state index is 13.2. The molecule has 0 unspecified atom stereocenters. The lowest BCUT2D eigenvalue weighted by Crippen LogP contribution is -2.40. The molecule has 1 aliphatic carbocycles. The molecule has 25 heavy (non-hydrogen) atoms. The van der Waals surface area contributed by atoms with Crippen LogP contribution in [-0.4, -0.2) is 18.4 Å². The van der Waals surface area contributed by atoms with Gasteiger partial charge in [-0.1, -0.05) is 36.4 Å². The summed E-state index contributed by atoms with van der Waals surface area (Å²) < 4.78 is 13.2. The third kappa shape index (κ3) is 4.24. The van der Waals surface area contributed by atoms with E-state index in [2.05, 4.69) is 22.8 Å². The number of halogens is 1. The Labute approximate surface area is 146 Å². The lowest BCUT2D eigenvalue weighted by atomic mass is 10.0. The van der Waals surface area contributed by atoms with E-state index in [0.29, 0.717) is 25.1 Å². The van der Waals surface area contributed by atoms with Crippen molar-refractivity contribution in [3.8, 4) is 0 Å². The number of nitrogens with one attached hydrogen (secondary N) is 2. The molecule has 2 aromatic rings. The minimum Gasteiger partial charge on any atom is -0.355 e. The Morgan fingerprint density at radius 3 is 2.44 bits per heavy atom. The van der Waals surface area contributed by atoms with Crippen LogP contribution in [0, 0.1) is 11.2 Å². The summed E-state index contributed by atoms with van der Waals surface area (Å²) in [5.74, 6) is -1.03. The van der Waals surface area contributed by atoms with Crippen LogP contribution >= 0.6 is 0 Å². The van der Waals surface area contributed by atoms with E-state index in [9.17, 15) is 14.0 Å². The zero-order valence-corrected chi connectivity index (χ0v) is 13.9. The molecular formula is C20H21FN2O2. The summed E-state index contributed by atoms with van der Waals surface area (Å²) in [6.07, 6.45) is 2.75. The van der Waals surface area contributed by atoms with E-state index < -0.39 is 11.2 Å². The highest BCUT2D eigenvalue weighted by atomic mass is 19.1. The molecule has 0 aliphatic heterocycles. The lowest BCUT2D eigenvalue weighted by molar-refractivity contribution is -0.134. The molecule has 1 fully saturated rings. The van der Waals surface area contributed by atoms with Gasteiger partial charge in [-0.25, -0.2) is 4.39 Å². The lowest BCUT2D eigenvalue weighted by Gasteiger charge is -2.15. The van der Waals surface area contributed by atoms with Crippen molar-refractivity contribution in [2.24, 2.45) is 5.41 Å². The molecule has 1 aliphatic rings. The van der Waals surface area contributed by atoms with Gasteiger partial charge in [0.05, 0.1) is 0 Å². The number of carbonyl (C=O) groups excluding carboxylic acids is 2. The average molecular weight is 340 g/mol. The molecule has 5 heteroatoms. The van der Waals surface area contributed by atoms with Crippen molar-refractivity contribution in [1.82, 2.24) is 5.32 Å². The highest BCUT2D eigenvalue weighted by Gasteiger charge is 2.56. The quantitative estimate of drug-likeness (QED) is 0.600. The van der Waals surface area contributed by atoms with E-state index in [1.54, 1.807) is 6.07 Å². The number of aryl methyl sites for hydroxylation is 1. The van der Waals surface area contributed by atoms with Gasteiger partial charge in [0.2, 0.25) is 11.8 Å². The molecule has 0 bridgehead atoms. The van der Waals surface area contributed by atoms with Crippen LogP contribution in [0.15, 0.2) is 54.6 Å². The van der Waals surface area contributed by atoms with Gasteiger partial charge in [-0.3, -0.25) is 9.59 Å². The Hall–Kier alpha value is -2.69. The molecule has 0 radical (unpaired) electrons. The largest absolute Gasteiger partial charge is 0.355 e. The summed E-state index contributed by atoms with van der Waals surface area (Å²) in [6.45, 7) is 0.530. The minimum absolute atomic E-state index is 0.241. The van der Waals surface area contributed by atoms with E-state index in [1.165, 1.54) is 23.8 Å². The Kier molecular flexibility index (Phi) is 5.12. The fraction of sp³-hybridized carbons (Fsp3) is 0.300. The van der Waals surface area contributed by atoms with E-state index >= 15 is 0 Å². The average Bonchev–Trinajstić information content (AvgIpc) is 3.41. The van der Waals surface area contributed by atoms with Crippen LogP contribution in [0.3, 0.4) is 0 Å². The van der Waals surface area contributed by atoms with Gasteiger partial charge in [-0.2, -0.15) is 0 Å². The molecule has 0 atom stereocenters. The number of hydrogen-bond acceptors (Lipinski definition) is 2.